The fourth-order valence-corrected chi connectivity index (χ4v) is 2.88. The third kappa shape index (κ3) is 6.31. The summed E-state index contributed by atoms with van der Waals surface area (Å²) in [6, 6.07) is 0. The maximum Gasteiger partial charge on any atom is 0.279 e. The van der Waals surface area contributed by atoms with Gasteiger partial charge in [0.2, 0.25) is 9.05 Å². The molecule has 9 heteroatoms. The van der Waals surface area contributed by atoms with Crippen LogP contribution in [0.2, 0.25) is 0 Å². The van der Waals surface area contributed by atoms with Gasteiger partial charge in [0.25, 0.3) is 10.2 Å². The zero-order valence-corrected chi connectivity index (χ0v) is 11.0. The van der Waals surface area contributed by atoms with Gasteiger partial charge < -0.3 is 0 Å². The Morgan fingerprint density at radius 2 is 1.60 bits per heavy atom. The van der Waals surface area contributed by atoms with Gasteiger partial charge in [0.1, 0.15) is 0 Å². The molecule has 0 aliphatic rings. The van der Waals surface area contributed by atoms with Gasteiger partial charge in [0.05, 0.1) is 5.75 Å². The summed E-state index contributed by atoms with van der Waals surface area (Å²) in [5.41, 5.74) is 0. The molecule has 0 aliphatic heterocycles. The molecule has 0 amide bonds. The van der Waals surface area contributed by atoms with E-state index in [0.29, 0.717) is 13.1 Å². The number of hydrogen-bond donors (Lipinski definition) is 1. The highest BCUT2D eigenvalue weighted by molar-refractivity contribution is 8.13. The van der Waals surface area contributed by atoms with Crippen LogP contribution in [-0.2, 0) is 19.3 Å². The molecule has 0 spiro atoms. The van der Waals surface area contributed by atoms with Crippen LogP contribution < -0.4 is 4.72 Å². The van der Waals surface area contributed by atoms with Crippen molar-refractivity contribution in [2.24, 2.45) is 0 Å². The molecule has 0 aromatic rings. The van der Waals surface area contributed by atoms with Crippen LogP contribution >= 0.6 is 10.7 Å². The fourth-order valence-electron chi connectivity index (χ4n) is 0.947. The maximum atomic E-state index is 11.5. The number of nitrogens with zero attached hydrogens (tertiary/aromatic N) is 1. The Bertz CT molecular complexity index is 374. The number of hydrogen-bond acceptors (Lipinski definition) is 4. The predicted molar refractivity (Wildman–Crippen MR) is 59.5 cm³/mol. The van der Waals surface area contributed by atoms with Crippen molar-refractivity contribution in [3.63, 3.8) is 0 Å². The molecule has 0 heterocycles. The van der Waals surface area contributed by atoms with Crippen molar-refractivity contribution in [3.05, 3.63) is 0 Å². The minimum Gasteiger partial charge on any atom is -0.212 e. The van der Waals surface area contributed by atoms with Crippen LogP contribution in [0.1, 0.15) is 13.8 Å². The van der Waals surface area contributed by atoms with Crippen LogP contribution in [0.15, 0.2) is 0 Å². The van der Waals surface area contributed by atoms with Crippen molar-refractivity contribution in [2.45, 2.75) is 13.8 Å². The van der Waals surface area contributed by atoms with E-state index in [-0.39, 0.29) is 6.54 Å². The lowest BCUT2D eigenvalue weighted by Crippen LogP contribution is -2.41. The SMILES string of the molecule is CCN(CC)S(=O)(=O)NCCS(=O)(=O)Cl. The Kier molecular flexibility index (Phi) is 6.04. The fraction of sp³-hybridized carbons (Fsp3) is 1.00. The lowest BCUT2D eigenvalue weighted by molar-refractivity contribution is 0.436. The van der Waals surface area contributed by atoms with E-state index < -0.39 is 25.0 Å². The summed E-state index contributed by atoms with van der Waals surface area (Å²) in [5.74, 6) is -0.422. The topological polar surface area (TPSA) is 83.6 Å². The third-order valence-electron chi connectivity index (χ3n) is 1.68. The van der Waals surface area contributed by atoms with Crippen molar-refractivity contribution < 1.29 is 16.8 Å². The summed E-state index contributed by atoms with van der Waals surface area (Å²) in [7, 11) is -2.31. The van der Waals surface area contributed by atoms with Gasteiger partial charge in [0, 0.05) is 30.3 Å². The van der Waals surface area contributed by atoms with Gasteiger partial charge >= 0.3 is 0 Å². The first-order valence-corrected chi connectivity index (χ1v) is 8.32. The average molecular weight is 279 g/mol. The van der Waals surface area contributed by atoms with Crippen molar-refractivity contribution in [1.29, 1.82) is 0 Å². The Balaban J connectivity index is 4.28. The van der Waals surface area contributed by atoms with Crippen molar-refractivity contribution >= 4 is 29.9 Å². The standard InChI is InChI=1S/C6H15ClN2O4S2/c1-3-9(4-2)15(12,13)8-5-6-14(7,10)11/h8H,3-6H2,1-2H3. The minimum absolute atomic E-state index is 0.218. The smallest absolute Gasteiger partial charge is 0.212 e. The highest BCUT2D eigenvalue weighted by atomic mass is 35.7. The molecule has 15 heavy (non-hydrogen) atoms. The molecule has 0 saturated heterocycles. The van der Waals surface area contributed by atoms with Gasteiger partial charge in [-0.05, 0) is 0 Å². The van der Waals surface area contributed by atoms with Crippen LogP contribution in [0.4, 0.5) is 0 Å². The van der Waals surface area contributed by atoms with Crippen LogP contribution in [0.25, 0.3) is 0 Å². The molecule has 0 aromatic carbocycles. The van der Waals surface area contributed by atoms with E-state index in [9.17, 15) is 16.8 Å². The molecule has 0 aromatic heterocycles. The third-order valence-corrected chi connectivity index (χ3v) is 4.60. The Hall–Kier alpha value is 0.110. The van der Waals surface area contributed by atoms with Gasteiger partial charge in [-0.1, -0.05) is 13.8 Å². The van der Waals surface area contributed by atoms with Gasteiger partial charge in [-0.2, -0.15) is 12.7 Å². The first-order chi connectivity index (χ1) is 6.73. The molecule has 0 aliphatic carbocycles. The molecule has 0 unspecified atom stereocenters. The zero-order chi connectivity index (χ0) is 12.1. The number of nitrogens with one attached hydrogen (secondary N) is 1. The molecule has 0 bridgehead atoms. The van der Waals surface area contributed by atoms with Crippen molar-refractivity contribution in [2.75, 3.05) is 25.4 Å². The quantitative estimate of drug-likeness (QED) is 0.650. The largest absolute Gasteiger partial charge is 0.279 e. The summed E-state index contributed by atoms with van der Waals surface area (Å²) in [4.78, 5) is 0. The summed E-state index contributed by atoms with van der Waals surface area (Å²) in [6.07, 6.45) is 0. The van der Waals surface area contributed by atoms with E-state index in [1.807, 2.05) is 0 Å². The van der Waals surface area contributed by atoms with E-state index >= 15 is 0 Å². The second-order valence-electron chi connectivity index (χ2n) is 2.73. The summed E-state index contributed by atoms with van der Waals surface area (Å²) in [5, 5.41) is 0. The zero-order valence-electron chi connectivity index (χ0n) is 8.60. The van der Waals surface area contributed by atoms with E-state index in [1.54, 1.807) is 13.8 Å². The van der Waals surface area contributed by atoms with E-state index in [2.05, 4.69) is 4.72 Å². The molecule has 0 fully saturated rings. The number of halogens is 1. The second-order valence-corrected chi connectivity index (χ2v) is 7.38. The van der Waals surface area contributed by atoms with Crippen molar-refractivity contribution in [3.8, 4) is 0 Å². The van der Waals surface area contributed by atoms with Gasteiger partial charge in [0.15, 0.2) is 0 Å². The van der Waals surface area contributed by atoms with Gasteiger partial charge in [-0.15, -0.1) is 0 Å². The Morgan fingerprint density at radius 3 is 1.93 bits per heavy atom. The second kappa shape index (κ2) is 6.00. The summed E-state index contributed by atoms with van der Waals surface area (Å²) in [6.45, 7) is 3.84. The van der Waals surface area contributed by atoms with Crippen LogP contribution in [-0.4, -0.2) is 46.5 Å². The summed E-state index contributed by atoms with van der Waals surface area (Å²) >= 11 is 0. The molecule has 0 radical (unpaired) electrons. The average Bonchev–Trinajstić information content (AvgIpc) is 2.02. The molecule has 0 saturated carbocycles. The van der Waals surface area contributed by atoms with Gasteiger partial charge in [-0.25, -0.2) is 13.1 Å². The lowest BCUT2D eigenvalue weighted by atomic mass is 10.7. The first kappa shape index (κ1) is 15.1. The minimum atomic E-state index is -3.66. The monoisotopic (exact) mass is 278 g/mol. The Morgan fingerprint density at radius 1 is 1.13 bits per heavy atom. The maximum absolute atomic E-state index is 11.5. The predicted octanol–water partition coefficient (Wildman–Crippen LogP) is -0.269. The molecular weight excluding hydrogens is 264 g/mol. The molecule has 0 atom stereocenters. The molecular formula is C6H15ClN2O4S2. The van der Waals surface area contributed by atoms with E-state index in [1.165, 1.54) is 4.31 Å². The summed E-state index contributed by atoms with van der Waals surface area (Å²) < 4.78 is 47.3. The molecule has 1 N–H and O–H groups in total. The van der Waals surface area contributed by atoms with Gasteiger partial charge in [-0.3, -0.25) is 0 Å². The number of rotatable bonds is 7. The lowest BCUT2D eigenvalue weighted by Gasteiger charge is -2.18. The van der Waals surface area contributed by atoms with Crippen LogP contribution in [0.3, 0.4) is 0 Å². The van der Waals surface area contributed by atoms with Crippen LogP contribution in [0, 0.1) is 0 Å². The highest BCUT2D eigenvalue weighted by Crippen LogP contribution is 1.98. The van der Waals surface area contributed by atoms with E-state index in [4.69, 9.17) is 10.7 Å². The first-order valence-electron chi connectivity index (χ1n) is 4.40. The molecule has 6 nitrogen and oxygen atoms in total. The molecule has 92 valence electrons. The molecule has 0 rings (SSSR count). The van der Waals surface area contributed by atoms with Crippen LogP contribution in [0.5, 0.6) is 0 Å². The van der Waals surface area contributed by atoms with E-state index in [0.717, 1.165) is 0 Å². The van der Waals surface area contributed by atoms with Crippen molar-refractivity contribution in [1.82, 2.24) is 9.03 Å². The Labute approximate surface area is 95.2 Å². The highest BCUT2D eigenvalue weighted by Gasteiger charge is 2.18. The normalized spacial score (nSPS) is 13.3.